The van der Waals surface area contributed by atoms with Gasteiger partial charge in [-0.15, -0.1) is 0 Å². The molecule has 0 unspecified atom stereocenters. The van der Waals surface area contributed by atoms with Crippen LogP contribution in [0.5, 0.6) is 5.75 Å². The van der Waals surface area contributed by atoms with Crippen molar-refractivity contribution in [1.29, 1.82) is 0 Å². The summed E-state index contributed by atoms with van der Waals surface area (Å²) in [5, 5.41) is 10.3. The van der Waals surface area contributed by atoms with Crippen molar-refractivity contribution in [3.8, 4) is 5.75 Å². The quantitative estimate of drug-likeness (QED) is 0.901. The number of aliphatic hydroxyl groups excluding tert-OH is 1. The van der Waals surface area contributed by atoms with Gasteiger partial charge in [-0.1, -0.05) is 6.07 Å². The molecule has 0 radical (unpaired) electrons. The highest BCUT2D eigenvalue weighted by atomic mass is 16.5. The number of β-amino-alcohol motifs (C(OH)–C–C–N with tert-alkyl or cyclic N) is 1. The van der Waals surface area contributed by atoms with Gasteiger partial charge < -0.3 is 14.7 Å². The van der Waals surface area contributed by atoms with Gasteiger partial charge in [-0.2, -0.15) is 0 Å². The third-order valence-corrected chi connectivity index (χ3v) is 4.47. The summed E-state index contributed by atoms with van der Waals surface area (Å²) in [6.07, 6.45) is 1.93. The minimum absolute atomic E-state index is 0.0327. The summed E-state index contributed by atoms with van der Waals surface area (Å²) < 4.78 is 5.16. The molecule has 0 aliphatic carbocycles. The lowest BCUT2D eigenvalue weighted by Gasteiger charge is -2.25. The van der Waals surface area contributed by atoms with E-state index in [1.165, 1.54) is 12.8 Å². The molecule has 114 valence electrons. The van der Waals surface area contributed by atoms with E-state index in [0.29, 0.717) is 24.4 Å². The van der Waals surface area contributed by atoms with Crippen LogP contribution in [0.1, 0.15) is 23.2 Å². The van der Waals surface area contributed by atoms with Crippen LogP contribution in [0.2, 0.25) is 0 Å². The van der Waals surface area contributed by atoms with Gasteiger partial charge in [0, 0.05) is 18.7 Å². The fraction of sp³-hybridized carbons (Fsp3) is 0.562. The topological polar surface area (TPSA) is 53.0 Å². The zero-order chi connectivity index (χ0) is 14.8. The predicted octanol–water partition coefficient (Wildman–Crippen LogP) is 0.976. The van der Waals surface area contributed by atoms with Crippen LogP contribution in [0.25, 0.3) is 0 Å². The van der Waals surface area contributed by atoms with Gasteiger partial charge in [-0.25, -0.2) is 0 Å². The maximum Gasteiger partial charge on any atom is 0.254 e. The highest BCUT2D eigenvalue weighted by molar-refractivity contribution is 5.94. The van der Waals surface area contributed by atoms with Gasteiger partial charge in [0.15, 0.2) is 0 Å². The molecule has 2 saturated heterocycles. The molecule has 5 nitrogen and oxygen atoms in total. The number of carbonyl (C=O) groups excluding carboxylic acids is 1. The largest absolute Gasteiger partial charge is 0.497 e. The number of likely N-dealkylation sites (tertiary alicyclic amines) is 2. The van der Waals surface area contributed by atoms with Gasteiger partial charge in [0.25, 0.3) is 5.91 Å². The smallest absolute Gasteiger partial charge is 0.254 e. The second-order valence-corrected chi connectivity index (χ2v) is 5.82. The number of amides is 1. The average molecular weight is 290 g/mol. The lowest BCUT2D eigenvalue weighted by molar-refractivity contribution is 0.0763. The lowest BCUT2D eigenvalue weighted by Crippen LogP contribution is -2.41. The van der Waals surface area contributed by atoms with Gasteiger partial charge in [-0.3, -0.25) is 9.69 Å². The van der Waals surface area contributed by atoms with E-state index in [2.05, 4.69) is 4.90 Å². The fourth-order valence-corrected chi connectivity index (χ4v) is 3.31. The first-order valence-corrected chi connectivity index (χ1v) is 7.54. The minimum Gasteiger partial charge on any atom is -0.497 e. The molecular formula is C16H22N2O3. The Hall–Kier alpha value is -1.59. The highest BCUT2D eigenvalue weighted by Crippen LogP contribution is 2.23. The SMILES string of the molecule is COc1cccc(C(=O)N2C[C@@H](O)[C@H](N3CCCC3)C2)c1. The van der Waals surface area contributed by atoms with Crippen LogP contribution in [-0.4, -0.2) is 66.2 Å². The Kier molecular flexibility index (Phi) is 4.12. The van der Waals surface area contributed by atoms with Crippen molar-refractivity contribution in [2.45, 2.75) is 25.0 Å². The Morgan fingerprint density at radius 3 is 2.76 bits per heavy atom. The summed E-state index contributed by atoms with van der Waals surface area (Å²) in [7, 11) is 1.59. The molecule has 2 fully saturated rings. The number of rotatable bonds is 3. The van der Waals surface area contributed by atoms with Gasteiger partial charge in [-0.05, 0) is 44.1 Å². The molecule has 5 heteroatoms. The number of hydrogen-bond donors (Lipinski definition) is 1. The molecule has 2 aliphatic heterocycles. The molecule has 21 heavy (non-hydrogen) atoms. The van der Waals surface area contributed by atoms with Crippen LogP contribution in [0, 0.1) is 0 Å². The molecule has 0 saturated carbocycles. The number of methoxy groups -OCH3 is 1. The Balaban J connectivity index is 1.70. The summed E-state index contributed by atoms with van der Waals surface area (Å²) in [5.74, 6) is 0.645. The predicted molar refractivity (Wildman–Crippen MR) is 79.5 cm³/mol. The maximum atomic E-state index is 12.6. The molecule has 2 aliphatic rings. The van der Waals surface area contributed by atoms with E-state index in [4.69, 9.17) is 4.74 Å². The summed E-state index contributed by atoms with van der Waals surface area (Å²) in [6.45, 7) is 3.08. The van der Waals surface area contributed by atoms with Crippen molar-refractivity contribution in [1.82, 2.24) is 9.80 Å². The molecule has 2 heterocycles. The van der Waals surface area contributed by atoms with Crippen LogP contribution >= 0.6 is 0 Å². The van der Waals surface area contributed by atoms with E-state index in [0.717, 1.165) is 13.1 Å². The third-order valence-electron chi connectivity index (χ3n) is 4.47. The van der Waals surface area contributed by atoms with E-state index < -0.39 is 6.10 Å². The Bertz CT molecular complexity index is 514. The standard InChI is InChI=1S/C16H22N2O3/c1-21-13-6-4-5-12(9-13)16(20)18-10-14(15(19)11-18)17-7-2-3-8-17/h4-6,9,14-15,19H,2-3,7-8,10-11H2,1H3/t14-,15-/m1/s1. The molecular weight excluding hydrogens is 268 g/mol. The van der Waals surface area contributed by atoms with Crippen molar-refractivity contribution in [3.63, 3.8) is 0 Å². The van der Waals surface area contributed by atoms with E-state index in [-0.39, 0.29) is 11.9 Å². The van der Waals surface area contributed by atoms with E-state index in [1.54, 1.807) is 24.1 Å². The first-order valence-electron chi connectivity index (χ1n) is 7.54. The van der Waals surface area contributed by atoms with Crippen LogP contribution in [0.15, 0.2) is 24.3 Å². The molecule has 0 bridgehead atoms. The molecule has 2 atom stereocenters. The van der Waals surface area contributed by atoms with Crippen molar-refractivity contribution < 1.29 is 14.6 Å². The summed E-state index contributed by atoms with van der Waals surface area (Å²) in [5.41, 5.74) is 0.614. The van der Waals surface area contributed by atoms with Crippen LogP contribution < -0.4 is 4.74 Å². The minimum atomic E-state index is -0.447. The normalized spacial score (nSPS) is 26.3. The summed E-state index contributed by atoms with van der Waals surface area (Å²) in [6, 6.07) is 7.26. The highest BCUT2D eigenvalue weighted by Gasteiger charge is 2.38. The number of ether oxygens (including phenoxy) is 1. The molecule has 0 spiro atoms. The van der Waals surface area contributed by atoms with E-state index in [1.807, 2.05) is 12.1 Å². The van der Waals surface area contributed by atoms with Crippen molar-refractivity contribution in [3.05, 3.63) is 29.8 Å². The molecule has 1 amide bonds. The summed E-state index contributed by atoms with van der Waals surface area (Å²) >= 11 is 0. The second-order valence-electron chi connectivity index (χ2n) is 5.82. The zero-order valence-electron chi connectivity index (χ0n) is 12.4. The first-order chi connectivity index (χ1) is 10.2. The van der Waals surface area contributed by atoms with Gasteiger partial charge in [0.05, 0.1) is 19.3 Å². The van der Waals surface area contributed by atoms with Crippen molar-refractivity contribution in [2.24, 2.45) is 0 Å². The maximum absolute atomic E-state index is 12.6. The zero-order valence-corrected chi connectivity index (χ0v) is 12.4. The number of benzene rings is 1. The van der Waals surface area contributed by atoms with Crippen molar-refractivity contribution >= 4 is 5.91 Å². The number of carbonyl (C=O) groups is 1. The van der Waals surface area contributed by atoms with Gasteiger partial charge in [0.2, 0.25) is 0 Å². The molecule has 1 aromatic carbocycles. The number of nitrogens with zero attached hydrogens (tertiary/aromatic N) is 2. The molecule has 1 aromatic rings. The number of hydrogen-bond acceptors (Lipinski definition) is 4. The Morgan fingerprint density at radius 2 is 2.05 bits per heavy atom. The summed E-state index contributed by atoms with van der Waals surface area (Å²) in [4.78, 5) is 16.6. The molecule has 1 N–H and O–H groups in total. The van der Waals surface area contributed by atoms with Gasteiger partial charge >= 0.3 is 0 Å². The first kappa shape index (κ1) is 14.4. The monoisotopic (exact) mass is 290 g/mol. The van der Waals surface area contributed by atoms with Gasteiger partial charge in [0.1, 0.15) is 5.75 Å². The Labute approximate surface area is 125 Å². The fourth-order valence-electron chi connectivity index (χ4n) is 3.31. The molecule has 0 aromatic heterocycles. The van der Waals surface area contributed by atoms with E-state index >= 15 is 0 Å². The number of aliphatic hydroxyl groups is 1. The Morgan fingerprint density at radius 1 is 1.29 bits per heavy atom. The van der Waals surface area contributed by atoms with Crippen LogP contribution in [0.4, 0.5) is 0 Å². The van der Waals surface area contributed by atoms with Crippen molar-refractivity contribution in [2.75, 3.05) is 33.3 Å². The average Bonchev–Trinajstić information content (AvgIpc) is 3.15. The second kappa shape index (κ2) is 6.03. The van der Waals surface area contributed by atoms with Crippen LogP contribution in [0.3, 0.4) is 0 Å². The lowest BCUT2D eigenvalue weighted by atomic mass is 10.2. The third kappa shape index (κ3) is 2.89. The van der Waals surface area contributed by atoms with Crippen LogP contribution in [-0.2, 0) is 0 Å². The van der Waals surface area contributed by atoms with E-state index in [9.17, 15) is 9.90 Å². The molecule has 3 rings (SSSR count).